The highest BCUT2D eigenvalue weighted by molar-refractivity contribution is 9.10. The number of para-hydroxylation sites is 1. The number of nitrogens with zero attached hydrogens (tertiary/aromatic N) is 3. The Hall–Kier alpha value is -2.93. The lowest BCUT2D eigenvalue weighted by Gasteiger charge is -2.33. The third-order valence-electron chi connectivity index (χ3n) is 5.05. The van der Waals surface area contributed by atoms with Crippen LogP contribution in [-0.4, -0.2) is 29.0 Å². The molecule has 4 rings (SSSR count). The molecule has 1 N–H and O–H groups in total. The molecule has 0 bridgehead atoms. The molecule has 1 fully saturated rings. The summed E-state index contributed by atoms with van der Waals surface area (Å²) in [5.41, 5.74) is 1.07. The average molecular weight is 467 g/mol. The molecule has 0 spiro atoms. The lowest BCUT2D eigenvalue weighted by Crippen LogP contribution is -2.43. The second-order valence-corrected chi connectivity index (χ2v) is 8.15. The van der Waals surface area contributed by atoms with Gasteiger partial charge >= 0.3 is 0 Å². The van der Waals surface area contributed by atoms with Crippen LogP contribution in [0.1, 0.15) is 18.4 Å². The summed E-state index contributed by atoms with van der Waals surface area (Å²) in [4.78, 5) is 23.8. The van der Waals surface area contributed by atoms with Crippen LogP contribution in [0.3, 0.4) is 0 Å². The second-order valence-electron chi connectivity index (χ2n) is 7.23. The minimum atomic E-state index is -0.0996. The fraction of sp³-hybridized carbons (Fsp3) is 0.261. The number of nitrogens with one attached hydrogen (secondary N) is 1. The van der Waals surface area contributed by atoms with Gasteiger partial charge in [-0.3, -0.25) is 4.79 Å². The van der Waals surface area contributed by atoms with Crippen LogP contribution in [0.4, 0.5) is 5.82 Å². The van der Waals surface area contributed by atoms with E-state index in [1.54, 1.807) is 12.4 Å². The lowest BCUT2D eigenvalue weighted by atomic mass is 9.97. The molecule has 3 aromatic rings. The van der Waals surface area contributed by atoms with E-state index in [0.29, 0.717) is 30.5 Å². The zero-order valence-corrected chi connectivity index (χ0v) is 18.1. The molecule has 1 aliphatic heterocycles. The number of hydrogen-bond acceptors (Lipinski definition) is 5. The van der Waals surface area contributed by atoms with Gasteiger partial charge in [-0.1, -0.05) is 46.3 Å². The van der Waals surface area contributed by atoms with Gasteiger partial charge in [0.25, 0.3) is 5.88 Å². The summed E-state index contributed by atoms with van der Waals surface area (Å²) in [6.45, 7) is 1.93. The summed E-state index contributed by atoms with van der Waals surface area (Å²) >= 11 is 3.47. The quantitative estimate of drug-likeness (QED) is 0.576. The Bertz CT molecular complexity index is 999. The Morgan fingerprint density at radius 3 is 2.80 bits per heavy atom. The van der Waals surface area contributed by atoms with E-state index in [-0.39, 0.29) is 11.8 Å². The second kappa shape index (κ2) is 9.71. The van der Waals surface area contributed by atoms with Crippen molar-refractivity contribution >= 4 is 27.7 Å². The van der Waals surface area contributed by atoms with E-state index < -0.39 is 0 Å². The van der Waals surface area contributed by atoms with Gasteiger partial charge in [-0.2, -0.15) is 0 Å². The van der Waals surface area contributed by atoms with Gasteiger partial charge in [0.15, 0.2) is 5.82 Å². The van der Waals surface area contributed by atoms with Crippen LogP contribution in [0.15, 0.2) is 71.5 Å². The molecule has 2 heterocycles. The molecule has 1 saturated heterocycles. The molecule has 7 heteroatoms. The summed E-state index contributed by atoms with van der Waals surface area (Å²) in [5.74, 6) is 1.80. The van der Waals surface area contributed by atoms with Gasteiger partial charge in [-0.15, -0.1) is 0 Å². The summed E-state index contributed by atoms with van der Waals surface area (Å²) in [6.07, 6.45) is 5.05. The maximum absolute atomic E-state index is 12.8. The molecular weight excluding hydrogens is 444 g/mol. The number of benzene rings is 2. The maximum atomic E-state index is 12.8. The van der Waals surface area contributed by atoms with Gasteiger partial charge < -0.3 is 15.0 Å². The number of hydrogen-bond donors (Lipinski definition) is 1. The van der Waals surface area contributed by atoms with Crippen LogP contribution in [0.5, 0.6) is 11.6 Å². The van der Waals surface area contributed by atoms with Gasteiger partial charge in [-0.25, -0.2) is 9.97 Å². The summed E-state index contributed by atoms with van der Waals surface area (Å²) in [5, 5.41) is 3.07. The minimum Gasteiger partial charge on any atom is -0.436 e. The van der Waals surface area contributed by atoms with Crippen molar-refractivity contribution in [3.63, 3.8) is 0 Å². The highest BCUT2D eigenvalue weighted by atomic mass is 79.9. The van der Waals surface area contributed by atoms with Crippen LogP contribution in [-0.2, 0) is 11.3 Å². The molecule has 1 unspecified atom stereocenters. The van der Waals surface area contributed by atoms with E-state index >= 15 is 0 Å². The Kier molecular flexibility index (Phi) is 6.59. The van der Waals surface area contributed by atoms with E-state index in [0.717, 1.165) is 29.4 Å². The first kappa shape index (κ1) is 20.3. The number of ether oxygens (including phenoxy) is 1. The number of piperidine rings is 1. The fourth-order valence-corrected chi connectivity index (χ4v) is 4.02. The standard InChI is InChI=1S/C23H23BrN4O2/c24-19-8-4-6-17(14-19)15-27-22(29)18-7-5-13-28(16-18)21-23(26-12-11-25-21)30-20-9-2-1-3-10-20/h1-4,6,8-12,14,18H,5,7,13,15-16H2,(H,27,29). The van der Waals surface area contributed by atoms with Gasteiger partial charge in [0.2, 0.25) is 5.91 Å². The number of halogens is 1. The van der Waals surface area contributed by atoms with E-state index in [2.05, 4.69) is 36.1 Å². The minimum absolute atomic E-state index is 0.0640. The molecule has 154 valence electrons. The van der Waals surface area contributed by atoms with Gasteiger partial charge in [-0.05, 0) is 42.7 Å². The van der Waals surface area contributed by atoms with Gasteiger partial charge in [0, 0.05) is 36.5 Å². The summed E-state index contributed by atoms with van der Waals surface area (Å²) < 4.78 is 6.96. The highest BCUT2D eigenvalue weighted by Crippen LogP contribution is 2.31. The monoisotopic (exact) mass is 466 g/mol. The van der Waals surface area contributed by atoms with Crippen molar-refractivity contribution in [1.82, 2.24) is 15.3 Å². The highest BCUT2D eigenvalue weighted by Gasteiger charge is 2.28. The van der Waals surface area contributed by atoms with Crippen molar-refractivity contribution in [2.24, 2.45) is 5.92 Å². The molecular formula is C23H23BrN4O2. The topological polar surface area (TPSA) is 67.4 Å². The van der Waals surface area contributed by atoms with E-state index in [1.165, 1.54) is 0 Å². The van der Waals surface area contributed by atoms with Crippen LogP contribution in [0.25, 0.3) is 0 Å². The molecule has 2 aromatic carbocycles. The first-order valence-electron chi connectivity index (χ1n) is 10.00. The molecule has 30 heavy (non-hydrogen) atoms. The molecule has 0 saturated carbocycles. The van der Waals surface area contributed by atoms with Crippen molar-refractivity contribution in [3.8, 4) is 11.6 Å². The predicted octanol–water partition coefficient (Wildman–Crippen LogP) is 4.56. The molecule has 0 aliphatic carbocycles. The molecule has 6 nitrogen and oxygen atoms in total. The van der Waals surface area contributed by atoms with Crippen molar-refractivity contribution in [2.75, 3.05) is 18.0 Å². The Morgan fingerprint density at radius 1 is 1.13 bits per heavy atom. The fourth-order valence-electron chi connectivity index (χ4n) is 3.57. The number of carbonyl (C=O) groups is 1. The number of carbonyl (C=O) groups excluding carboxylic acids is 1. The first-order chi connectivity index (χ1) is 14.7. The van der Waals surface area contributed by atoms with E-state index in [1.807, 2.05) is 54.6 Å². The summed E-state index contributed by atoms with van der Waals surface area (Å²) in [7, 11) is 0. The first-order valence-corrected chi connectivity index (χ1v) is 10.8. The maximum Gasteiger partial charge on any atom is 0.263 e. The molecule has 0 radical (unpaired) electrons. The third-order valence-corrected chi connectivity index (χ3v) is 5.55. The lowest BCUT2D eigenvalue weighted by molar-refractivity contribution is -0.125. The van der Waals surface area contributed by atoms with Crippen LogP contribution >= 0.6 is 15.9 Å². The Labute approximate surface area is 184 Å². The smallest absolute Gasteiger partial charge is 0.263 e. The van der Waals surface area contributed by atoms with Crippen molar-refractivity contribution in [3.05, 3.63) is 77.0 Å². The Morgan fingerprint density at radius 2 is 1.97 bits per heavy atom. The zero-order chi connectivity index (χ0) is 20.8. The number of anilines is 1. The SMILES string of the molecule is O=C(NCc1cccc(Br)c1)C1CCCN(c2nccnc2Oc2ccccc2)C1. The largest absolute Gasteiger partial charge is 0.436 e. The molecule has 1 atom stereocenters. The van der Waals surface area contributed by atoms with Crippen LogP contribution < -0.4 is 15.0 Å². The van der Waals surface area contributed by atoms with Gasteiger partial charge in [0.05, 0.1) is 5.92 Å². The number of amides is 1. The molecule has 1 amide bonds. The molecule has 1 aliphatic rings. The average Bonchev–Trinajstić information content (AvgIpc) is 2.79. The third kappa shape index (κ3) is 5.16. The van der Waals surface area contributed by atoms with Crippen LogP contribution in [0, 0.1) is 5.92 Å². The van der Waals surface area contributed by atoms with Crippen molar-refractivity contribution in [2.45, 2.75) is 19.4 Å². The van der Waals surface area contributed by atoms with Gasteiger partial charge in [0.1, 0.15) is 5.75 Å². The Balaban J connectivity index is 1.42. The van der Waals surface area contributed by atoms with E-state index in [9.17, 15) is 4.79 Å². The normalized spacial score (nSPS) is 16.2. The number of rotatable bonds is 6. The number of aromatic nitrogens is 2. The van der Waals surface area contributed by atoms with Crippen molar-refractivity contribution in [1.29, 1.82) is 0 Å². The van der Waals surface area contributed by atoms with Crippen LogP contribution in [0.2, 0.25) is 0 Å². The van der Waals surface area contributed by atoms with Crippen molar-refractivity contribution < 1.29 is 9.53 Å². The molecule has 1 aromatic heterocycles. The summed E-state index contributed by atoms with van der Waals surface area (Å²) in [6, 6.07) is 17.5. The zero-order valence-electron chi connectivity index (χ0n) is 16.5. The predicted molar refractivity (Wildman–Crippen MR) is 119 cm³/mol. The van der Waals surface area contributed by atoms with E-state index in [4.69, 9.17) is 4.74 Å².